The van der Waals surface area contributed by atoms with E-state index in [2.05, 4.69) is 13.2 Å². The van der Waals surface area contributed by atoms with Crippen molar-refractivity contribution in [2.75, 3.05) is 0 Å². The lowest BCUT2D eigenvalue weighted by Crippen LogP contribution is -2.00. The number of benzene rings is 2. The fourth-order valence-corrected chi connectivity index (χ4v) is 2.40. The Labute approximate surface area is 144 Å². The molecule has 3 aromatic rings. The molecule has 0 saturated carbocycles. The number of hydrogen-bond acceptors (Lipinski definition) is 4. The van der Waals surface area contributed by atoms with Gasteiger partial charge in [-0.2, -0.15) is 0 Å². The summed E-state index contributed by atoms with van der Waals surface area (Å²) in [7, 11) is 0. The minimum Gasteiger partial charge on any atom is -0.508 e. The van der Waals surface area contributed by atoms with Gasteiger partial charge in [0.05, 0.1) is 5.39 Å². The van der Waals surface area contributed by atoms with Crippen molar-refractivity contribution in [3.8, 4) is 22.8 Å². The summed E-state index contributed by atoms with van der Waals surface area (Å²) in [5.41, 5.74) is 0.883. The zero-order valence-electron chi connectivity index (χ0n) is 13.4. The lowest BCUT2D eigenvalue weighted by molar-refractivity contribution is 0.445. The molecule has 2 aromatic carbocycles. The van der Waals surface area contributed by atoms with Gasteiger partial charge < -0.3 is 14.3 Å². The Morgan fingerprint density at radius 2 is 1.96 bits per heavy atom. The summed E-state index contributed by atoms with van der Waals surface area (Å²) < 4.78 is 11.5. The maximum Gasteiger partial charge on any atom is 0.193 e. The summed E-state index contributed by atoms with van der Waals surface area (Å²) in [6.07, 6.45) is 4.89. The molecule has 4 heteroatoms. The lowest BCUT2D eigenvalue weighted by atomic mass is 10.1. The molecule has 25 heavy (non-hydrogen) atoms. The number of aromatic hydroxyl groups is 1. The third-order valence-electron chi connectivity index (χ3n) is 3.55. The molecule has 4 nitrogen and oxygen atoms in total. The highest BCUT2D eigenvalue weighted by atomic mass is 16.5. The van der Waals surface area contributed by atoms with Crippen LogP contribution in [0, 0.1) is 0 Å². The topological polar surface area (TPSA) is 59.7 Å². The van der Waals surface area contributed by atoms with Crippen LogP contribution < -0.4 is 10.2 Å². The smallest absolute Gasteiger partial charge is 0.193 e. The summed E-state index contributed by atoms with van der Waals surface area (Å²) in [5, 5.41) is 9.84. The van der Waals surface area contributed by atoms with Gasteiger partial charge in [0, 0.05) is 11.6 Å². The van der Waals surface area contributed by atoms with E-state index in [1.807, 2.05) is 6.07 Å². The van der Waals surface area contributed by atoms with Crippen LogP contribution in [-0.4, -0.2) is 5.11 Å². The molecule has 0 spiro atoms. The molecule has 0 unspecified atom stereocenters. The van der Waals surface area contributed by atoms with Gasteiger partial charge in [-0.1, -0.05) is 31.4 Å². The molecule has 0 aliphatic rings. The van der Waals surface area contributed by atoms with Gasteiger partial charge in [0.15, 0.2) is 5.43 Å². The van der Waals surface area contributed by atoms with Crippen molar-refractivity contribution in [3.05, 3.63) is 95.9 Å². The van der Waals surface area contributed by atoms with Crippen molar-refractivity contribution in [2.45, 2.75) is 0 Å². The molecular weight excluding hydrogens is 316 g/mol. The average molecular weight is 332 g/mol. The van der Waals surface area contributed by atoms with Crippen molar-refractivity contribution >= 4 is 11.0 Å². The quantitative estimate of drug-likeness (QED) is 0.538. The van der Waals surface area contributed by atoms with Crippen LogP contribution in [0.15, 0.2) is 94.9 Å². The Morgan fingerprint density at radius 3 is 2.72 bits per heavy atom. The molecule has 1 N–H and O–H groups in total. The van der Waals surface area contributed by atoms with Gasteiger partial charge in [-0.15, -0.1) is 0 Å². The molecule has 0 bridgehead atoms. The van der Waals surface area contributed by atoms with Crippen LogP contribution in [0.5, 0.6) is 11.5 Å². The minimum atomic E-state index is -0.225. The number of ether oxygens (including phenoxy) is 1. The van der Waals surface area contributed by atoms with Crippen LogP contribution in [0.4, 0.5) is 0 Å². The van der Waals surface area contributed by atoms with Crippen LogP contribution in [-0.2, 0) is 0 Å². The molecule has 0 aliphatic carbocycles. The molecular formula is C21H16O4. The molecule has 1 aromatic heterocycles. The summed E-state index contributed by atoms with van der Waals surface area (Å²) in [6.45, 7) is 7.32. The molecule has 1 heterocycles. The second-order valence-electron chi connectivity index (χ2n) is 5.29. The van der Waals surface area contributed by atoms with Gasteiger partial charge in [-0.3, -0.25) is 4.79 Å². The van der Waals surface area contributed by atoms with E-state index in [9.17, 15) is 9.90 Å². The first-order chi connectivity index (χ1) is 12.1. The number of phenolic OH excluding ortho intramolecular Hbond substituents is 1. The number of allylic oxidation sites excluding steroid dienone is 3. The van der Waals surface area contributed by atoms with Crippen LogP contribution in [0.3, 0.4) is 0 Å². The van der Waals surface area contributed by atoms with Crippen LogP contribution in [0.2, 0.25) is 0 Å². The van der Waals surface area contributed by atoms with Crippen molar-refractivity contribution < 1.29 is 14.3 Å². The lowest BCUT2D eigenvalue weighted by Gasteiger charge is -2.08. The second-order valence-corrected chi connectivity index (χ2v) is 5.29. The van der Waals surface area contributed by atoms with Gasteiger partial charge in [-0.25, -0.2) is 0 Å². The van der Waals surface area contributed by atoms with Crippen LogP contribution >= 0.6 is 0 Å². The summed E-state index contributed by atoms with van der Waals surface area (Å²) >= 11 is 0. The monoisotopic (exact) mass is 332 g/mol. The zero-order chi connectivity index (χ0) is 17.8. The summed E-state index contributed by atoms with van der Waals surface area (Å²) in [5.74, 6) is 1.58. The van der Waals surface area contributed by atoms with Gasteiger partial charge in [0.1, 0.15) is 28.6 Å². The summed E-state index contributed by atoms with van der Waals surface area (Å²) in [6, 6.07) is 13.0. The zero-order valence-corrected chi connectivity index (χ0v) is 13.4. The summed E-state index contributed by atoms with van der Waals surface area (Å²) in [4.78, 5) is 12.3. The van der Waals surface area contributed by atoms with E-state index in [0.717, 1.165) is 0 Å². The molecule has 3 rings (SSSR count). The van der Waals surface area contributed by atoms with E-state index in [0.29, 0.717) is 33.8 Å². The first-order valence-electron chi connectivity index (χ1n) is 7.61. The fraction of sp³-hybridized carbons (Fsp3) is 0. The third kappa shape index (κ3) is 3.53. The van der Waals surface area contributed by atoms with Gasteiger partial charge in [-0.05, 0) is 42.5 Å². The van der Waals surface area contributed by atoms with E-state index in [1.165, 1.54) is 18.2 Å². The van der Waals surface area contributed by atoms with Gasteiger partial charge >= 0.3 is 0 Å². The number of phenols is 1. The molecule has 0 amide bonds. The highest BCUT2D eigenvalue weighted by Gasteiger charge is 2.09. The van der Waals surface area contributed by atoms with E-state index < -0.39 is 0 Å². The molecule has 0 fully saturated rings. The number of hydrogen-bond donors (Lipinski definition) is 1. The van der Waals surface area contributed by atoms with Crippen molar-refractivity contribution in [1.29, 1.82) is 0 Å². The first-order valence-corrected chi connectivity index (χ1v) is 7.61. The largest absolute Gasteiger partial charge is 0.508 e. The van der Waals surface area contributed by atoms with Crippen LogP contribution in [0.1, 0.15) is 0 Å². The predicted molar refractivity (Wildman–Crippen MR) is 98.7 cm³/mol. The molecule has 0 atom stereocenters. The Balaban J connectivity index is 2.04. The van der Waals surface area contributed by atoms with E-state index in [1.54, 1.807) is 42.5 Å². The molecule has 124 valence electrons. The minimum absolute atomic E-state index is 0.0221. The van der Waals surface area contributed by atoms with E-state index in [-0.39, 0.29) is 11.2 Å². The molecule has 0 radical (unpaired) electrons. The average Bonchev–Trinajstić information content (AvgIpc) is 2.62. The number of fused-ring (bicyclic) bond motifs is 1. The standard InChI is InChI=1S/C21H16O4/c1-3-6-16(4-2)24-17-8-5-7-14(11-17)21-13-19(23)18-12-15(22)9-10-20(18)25-21/h3-13,22H,1-2H2/b16-6+. The van der Waals surface area contributed by atoms with Gasteiger partial charge in [0.25, 0.3) is 0 Å². The van der Waals surface area contributed by atoms with Crippen molar-refractivity contribution in [3.63, 3.8) is 0 Å². The van der Waals surface area contributed by atoms with E-state index in [4.69, 9.17) is 9.15 Å². The highest BCUT2D eigenvalue weighted by molar-refractivity contribution is 5.80. The van der Waals surface area contributed by atoms with Gasteiger partial charge in [0.2, 0.25) is 0 Å². The second kappa shape index (κ2) is 6.93. The Hall–Kier alpha value is -3.53. The first kappa shape index (κ1) is 16.3. The van der Waals surface area contributed by atoms with Crippen LogP contribution in [0.25, 0.3) is 22.3 Å². The maximum absolute atomic E-state index is 12.3. The number of rotatable bonds is 5. The van der Waals surface area contributed by atoms with Crippen molar-refractivity contribution in [2.24, 2.45) is 0 Å². The Bertz CT molecular complexity index is 1040. The fourth-order valence-electron chi connectivity index (χ4n) is 2.40. The Kier molecular flexibility index (Phi) is 4.53. The third-order valence-corrected chi connectivity index (χ3v) is 3.55. The maximum atomic E-state index is 12.3. The van der Waals surface area contributed by atoms with Crippen molar-refractivity contribution in [1.82, 2.24) is 0 Å². The SMILES string of the molecule is C=C/C=C(\C=C)Oc1cccc(-c2cc(=O)c3cc(O)ccc3o2)c1. The normalized spacial score (nSPS) is 11.3. The highest BCUT2D eigenvalue weighted by Crippen LogP contribution is 2.27. The molecule has 0 saturated heterocycles. The Morgan fingerprint density at radius 1 is 1.12 bits per heavy atom. The van der Waals surface area contributed by atoms with E-state index >= 15 is 0 Å². The predicted octanol–water partition coefficient (Wildman–Crippen LogP) is 4.80. The molecule has 0 aliphatic heterocycles.